The number of benzene rings is 2. The van der Waals surface area contributed by atoms with Gasteiger partial charge in [-0.3, -0.25) is 4.79 Å². The number of halogens is 1. The first-order valence-corrected chi connectivity index (χ1v) is 11.9. The highest BCUT2D eigenvalue weighted by Crippen LogP contribution is 2.55. The molecule has 1 amide bonds. The summed E-state index contributed by atoms with van der Waals surface area (Å²) in [6.45, 7) is 9.91. The molecule has 1 N–H and O–H groups in total. The summed E-state index contributed by atoms with van der Waals surface area (Å²) < 4.78 is 6.29. The highest BCUT2D eigenvalue weighted by molar-refractivity contribution is 6.31. The van der Waals surface area contributed by atoms with Crippen molar-refractivity contribution in [2.75, 3.05) is 18.0 Å². The van der Waals surface area contributed by atoms with Crippen LogP contribution < -0.4 is 15.0 Å². The second-order valence-corrected chi connectivity index (χ2v) is 10.9. The van der Waals surface area contributed by atoms with Crippen LogP contribution in [0.2, 0.25) is 5.02 Å². The van der Waals surface area contributed by atoms with Gasteiger partial charge in [-0.05, 0) is 42.8 Å². The molecule has 1 aliphatic carbocycles. The first kappa shape index (κ1) is 24.1. The summed E-state index contributed by atoms with van der Waals surface area (Å²) in [5, 5.41) is 12.7. The average Bonchev–Trinajstić information content (AvgIpc) is 3.30. The van der Waals surface area contributed by atoms with Gasteiger partial charge in [-0.1, -0.05) is 39.3 Å². The van der Waals surface area contributed by atoms with E-state index in [9.17, 15) is 9.59 Å². The number of nitriles is 1. The Hall–Kier alpha value is -3.04. The first-order chi connectivity index (χ1) is 16.1. The van der Waals surface area contributed by atoms with Gasteiger partial charge in [0.15, 0.2) is 0 Å². The topological polar surface area (TPSA) is 82.4 Å². The van der Waals surface area contributed by atoms with Crippen LogP contribution in [-0.2, 0) is 4.79 Å². The zero-order chi connectivity index (χ0) is 24.7. The van der Waals surface area contributed by atoms with Crippen molar-refractivity contribution < 1.29 is 14.3 Å². The average molecular weight is 480 g/mol. The van der Waals surface area contributed by atoms with E-state index in [1.165, 1.54) is 0 Å². The van der Waals surface area contributed by atoms with E-state index in [1.807, 2.05) is 24.3 Å². The minimum atomic E-state index is -0.321. The molecule has 0 spiro atoms. The van der Waals surface area contributed by atoms with E-state index in [1.54, 1.807) is 18.2 Å². The maximum Gasteiger partial charge on any atom is 0.251 e. The number of ether oxygens (including phenoxy) is 1. The van der Waals surface area contributed by atoms with E-state index in [-0.39, 0.29) is 34.8 Å². The molecule has 4 rings (SSSR count). The number of carbonyl (C=O) groups is 2. The first-order valence-electron chi connectivity index (χ1n) is 11.6. The van der Waals surface area contributed by atoms with Crippen LogP contribution in [-0.4, -0.2) is 37.4 Å². The molecule has 1 saturated heterocycles. The molecule has 34 heavy (non-hydrogen) atoms. The molecule has 7 heteroatoms. The van der Waals surface area contributed by atoms with Crippen LogP contribution >= 0.6 is 11.6 Å². The zero-order valence-electron chi connectivity index (χ0n) is 20.0. The van der Waals surface area contributed by atoms with Crippen LogP contribution in [0.4, 0.5) is 5.69 Å². The summed E-state index contributed by atoms with van der Waals surface area (Å²) in [6, 6.07) is 14.6. The molecule has 6 nitrogen and oxygen atoms in total. The molecule has 1 atom stereocenters. The van der Waals surface area contributed by atoms with Crippen molar-refractivity contribution in [2.45, 2.75) is 46.3 Å². The lowest BCUT2D eigenvalue weighted by Gasteiger charge is -2.63. The molecule has 2 aliphatic rings. The quantitative estimate of drug-likeness (QED) is 0.599. The Bertz CT molecular complexity index is 1120. The fourth-order valence-corrected chi connectivity index (χ4v) is 5.98. The predicted molar refractivity (Wildman–Crippen MR) is 132 cm³/mol. The Morgan fingerprint density at radius 3 is 2.41 bits per heavy atom. The molecule has 0 bridgehead atoms. The van der Waals surface area contributed by atoms with Crippen molar-refractivity contribution >= 4 is 29.5 Å². The lowest BCUT2D eigenvalue weighted by molar-refractivity contribution is -0.164. The largest absolute Gasteiger partial charge is 0.489 e. The van der Waals surface area contributed by atoms with Crippen LogP contribution in [0.3, 0.4) is 0 Å². The molecule has 1 heterocycles. The van der Waals surface area contributed by atoms with Gasteiger partial charge in [0.05, 0.1) is 10.6 Å². The van der Waals surface area contributed by atoms with Crippen LogP contribution in [0.15, 0.2) is 42.5 Å². The summed E-state index contributed by atoms with van der Waals surface area (Å²) in [6.07, 6.45) is 1.74. The summed E-state index contributed by atoms with van der Waals surface area (Å²) in [5.74, 6) is 0.570. The highest BCUT2D eigenvalue weighted by atomic mass is 35.5. The van der Waals surface area contributed by atoms with E-state index >= 15 is 0 Å². The molecule has 2 aromatic rings. The maximum absolute atomic E-state index is 13.1. The second kappa shape index (κ2) is 8.96. The van der Waals surface area contributed by atoms with Gasteiger partial charge in [0.25, 0.3) is 5.91 Å². The number of nitrogens with one attached hydrogen (secondary N) is 1. The smallest absolute Gasteiger partial charge is 0.251 e. The van der Waals surface area contributed by atoms with Gasteiger partial charge in [-0.2, -0.15) is 5.26 Å². The van der Waals surface area contributed by atoms with Gasteiger partial charge in [-0.15, -0.1) is 0 Å². The number of carbonyl (C=O) groups excluding carboxylic acids is 2. The molecule has 0 unspecified atom stereocenters. The monoisotopic (exact) mass is 479 g/mol. The van der Waals surface area contributed by atoms with Gasteiger partial charge < -0.3 is 19.7 Å². The Labute approximate surface area is 205 Å². The van der Waals surface area contributed by atoms with Crippen LogP contribution in [0.25, 0.3) is 0 Å². The third-order valence-electron chi connectivity index (χ3n) is 7.34. The summed E-state index contributed by atoms with van der Waals surface area (Å²) >= 11 is 6.17. The summed E-state index contributed by atoms with van der Waals surface area (Å²) in [5.41, 5.74) is 1.40. The Balaban J connectivity index is 1.42. The predicted octanol–water partition coefficient (Wildman–Crippen LogP) is 4.85. The Morgan fingerprint density at radius 2 is 1.85 bits per heavy atom. The van der Waals surface area contributed by atoms with Gasteiger partial charge in [0.1, 0.15) is 24.2 Å². The van der Waals surface area contributed by atoms with Gasteiger partial charge >= 0.3 is 0 Å². The Morgan fingerprint density at radius 1 is 1.18 bits per heavy atom. The Kier molecular flexibility index (Phi) is 6.35. The van der Waals surface area contributed by atoms with Crippen molar-refractivity contribution in [3.8, 4) is 11.8 Å². The lowest BCUT2D eigenvalue weighted by Crippen LogP contribution is -2.74. The number of nitrogens with zero attached hydrogens (tertiary/aromatic N) is 2. The molecule has 2 aromatic carbocycles. The van der Waals surface area contributed by atoms with E-state index in [2.05, 4.69) is 44.0 Å². The number of aldehydes is 1. The van der Waals surface area contributed by atoms with E-state index in [4.69, 9.17) is 21.6 Å². The maximum atomic E-state index is 13.1. The van der Waals surface area contributed by atoms with Gasteiger partial charge in [0, 0.05) is 53.2 Å². The fourth-order valence-electron chi connectivity index (χ4n) is 5.77. The SMILES string of the molecule is CC1(C)[C@H](NC(=O)c2ccc(N3CC[C@H](C=O)C3)cc2)C(C)(C)[C@H]1Oc1ccc(C#N)c(Cl)c1. The van der Waals surface area contributed by atoms with Crippen LogP contribution in [0.5, 0.6) is 5.75 Å². The van der Waals surface area contributed by atoms with E-state index < -0.39 is 0 Å². The third-order valence-corrected chi connectivity index (χ3v) is 7.65. The number of hydrogen-bond donors (Lipinski definition) is 1. The molecule has 0 radical (unpaired) electrons. The van der Waals surface area contributed by atoms with Crippen LogP contribution in [0.1, 0.15) is 50.0 Å². The minimum Gasteiger partial charge on any atom is -0.489 e. The second-order valence-electron chi connectivity index (χ2n) is 10.5. The number of anilines is 1. The number of rotatable bonds is 6. The molecule has 2 fully saturated rings. The van der Waals surface area contributed by atoms with Crippen LogP contribution in [0, 0.1) is 28.1 Å². The van der Waals surface area contributed by atoms with Crippen molar-refractivity contribution in [1.29, 1.82) is 5.26 Å². The number of amides is 1. The zero-order valence-corrected chi connectivity index (χ0v) is 20.7. The minimum absolute atomic E-state index is 0.0847. The molecule has 0 aromatic heterocycles. The van der Waals surface area contributed by atoms with Crippen molar-refractivity contribution in [2.24, 2.45) is 16.7 Å². The molecule has 1 aliphatic heterocycles. The third kappa shape index (κ3) is 4.25. The van der Waals surface area contributed by atoms with Gasteiger partial charge in [0.2, 0.25) is 0 Å². The fraction of sp³-hybridized carbons (Fsp3) is 0.444. The molecular formula is C27H30ClN3O3. The molecule has 178 valence electrons. The lowest BCUT2D eigenvalue weighted by atomic mass is 9.49. The van der Waals surface area contributed by atoms with Crippen molar-refractivity contribution in [3.05, 3.63) is 58.6 Å². The molecular weight excluding hydrogens is 450 g/mol. The summed E-state index contributed by atoms with van der Waals surface area (Å²) in [4.78, 5) is 26.3. The van der Waals surface area contributed by atoms with Crippen molar-refractivity contribution in [1.82, 2.24) is 5.32 Å². The molecule has 1 saturated carbocycles. The van der Waals surface area contributed by atoms with E-state index in [0.717, 1.165) is 31.5 Å². The van der Waals surface area contributed by atoms with Crippen molar-refractivity contribution in [3.63, 3.8) is 0 Å². The van der Waals surface area contributed by atoms with E-state index in [0.29, 0.717) is 21.9 Å². The highest BCUT2D eigenvalue weighted by Gasteiger charge is 2.64. The van der Waals surface area contributed by atoms with Gasteiger partial charge in [-0.25, -0.2) is 0 Å². The summed E-state index contributed by atoms with van der Waals surface area (Å²) in [7, 11) is 0. The number of hydrogen-bond acceptors (Lipinski definition) is 5. The standard InChI is InChI=1S/C27H30ClN3O3/c1-26(2)24(27(3,4)25(26)34-21-10-7-19(14-29)22(28)13-21)30-23(33)18-5-8-20(9-6-18)31-12-11-17(15-31)16-32/h5-10,13,16-17,24-25H,11-12,15H2,1-4H3,(H,30,33)/t17-,24-,25-/m0/s1. The normalized spacial score (nSPS) is 24.6.